The van der Waals surface area contributed by atoms with Crippen LogP contribution in [0.15, 0.2) is 22.7 Å². The molecule has 16 heavy (non-hydrogen) atoms. The zero-order chi connectivity index (χ0) is 12.0. The third kappa shape index (κ3) is 3.60. The van der Waals surface area contributed by atoms with Crippen LogP contribution in [0.25, 0.3) is 0 Å². The molecule has 0 fully saturated rings. The van der Waals surface area contributed by atoms with E-state index in [2.05, 4.69) is 33.8 Å². The van der Waals surface area contributed by atoms with Crippen LogP contribution < -0.4 is 5.73 Å². The highest BCUT2D eigenvalue weighted by molar-refractivity contribution is 9.10. The zero-order valence-electron chi connectivity index (χ0n) is 9.41. The van der Waals surface area contributed by atoms with Crippen molar-refractivity contribution >= 4 is 15.9 Å². The van der Waals surface area contributed by atoms with Crippen LogP contribution in [0.1, 0.15) is 18.1 Å². The monoisotopic (exact) mass is 281 g/mol. The van der Waals surface area contributed by atoms with Gasteiger partial charge >= 0.3 is 0 Å². The average molecular weight is 282 g/mol. The molecule has 0 amide bonds. The molecule has 0 saturated heterocycles. The van der Waals surface area contributed by atoms with Crippen molar-refractivity contribution in [1.82, 2.24) is 4.90 Å². The first-order valence-corrected chi connectivity index (χ1v) is 6.11. The van der Waals surface area contributed by atoms with Gasteiger partial charge in [-0.3, -0.25) is 4.90 Å². The van der Waals surface area contributed by atoms with Gasteiger partial charge in [0.25, 0.3) is 0 Å². The quantitative estimate of drug-likeness (QED) is 0.899. The van der Waals surface area contributed by atoms with Gasteiger partial charge in [-0.1, -0.05) is 13.0 Å². The van der Waals surface area contributed by atoms with Crippen molar-refractivity contribution in [2.24, 2.45) is 5.73 Å². The largest absolute Gasteiger partial charge is 0.329 e. The van der Waals surface area contributed by atoms with E-state index in [1.807, 2.05) is 18.2 Å². The zero-order valence-corrected chi connectivity index (χ0v) is 11.0. The van der Waals surface area contributed by atoms with Crippen LogP contribution in [0.5, 0.6) is 0 Å². The van der Waals surface area contributed by atoms with Crippen molar-refractivity contribution < 1.29 is 0 Å². The van der Waals surface area contributed by atoms with E-state index in [-0.39, 0.29) is 0 Å². The molecule has 86 valence electrons. The summed E-state index contributed by atoms with van der Waals surface area (Å²) in [7, 11) is 0. The van der Waals surface area contributed by atoms with Gasteiger partial charge in [0.05, 0.1) is 5.56 Å². The SMILES string of the molecule is CCN(CCN)Cc1ccc(Br)c(C#N)c1. The van der Waals surface area contributed by atoms with Crippen LogP contribution in [0.2, 0.25) is 0 Å². The molecule has 0 aliphatic rings. The number of hydrogen-bond donors (Lipinski definition) is 1. The fraction of sp³-hybridized carbons (Fsp3) is 0.417. The lowest BCUT2D eigenvalue weighted by Crippen LogP contribution is -2.28. The summed E-state index contributed by atoms with van der Waals surface area (Å²) in [5.41, 5.74) is 7.37. The van der Waals surface area contributed by atoms with E-state index >= 15 is 0 Å². The Kier molecular flexibility index (Phi) is 5.47. The first-order valence-electron chi connectivity index (χ1n) is 5.32. The normalized spacial score (nSPS) is 10.4. The maximum absolute atomic E-state index is 8.92. The van der Waals surface area contributed by atoms with E-state index in [9.17, 15) is 0 Å². The number of likely N-dealkylation sites (N-methyl/N-ethyl adjacent to an activating group) is 1. The first kappa shape index (κ1) is 13.2. The molecule has 0 unspecified atom stereocenters. The molecule has 0 aliphatic carbocycles. The lowest BCUT2D eigenvalue weighted by atomic mass is 10.1. The van der Waals surface area contributed by atoms with Gasteiger partial charge < -0.3 is 5.73 Å². The number of rotatable bonds is 5. The topological polar surface area (TPSA) is 53.0 Å². The van der Waals surface area contributed by atoms with Crippen molar-refractivity contribution in [3.05, 3.63) is 33.8 Å². The Bertz CT molecular complexity index is 384. The molecular formula is C12H16BrN3. The molecule has 1 aromatic rings. The van der Waals surface area contributed by atoms with Crippen molar-refractivity contribution in [1.29, 1.82) is 5.26 Å². The molecule has 0 heterocycles. The Labute approximate surface area is 105 Å². The Morgan fingerprint density at radius 2 is 2.25 bits per heavy atom. The molecule has 0 aromatic heterocycles. The second kappa shape index (κ2) is 6.64. The highest BCUT2D eigenvalue weighted by Crippen LogP contribution is 2.18. The number of benzene rings is 1. The highest BCUT2D eigenvalue weighted by Gasteiger charge is 2.05. The molecule has 3 nitrogen and oxygen atoms in total. The average Bonchev–Trinajstić information content (AvgIpc) is 2.30. The van der Waals surface area contributed by atoms with E-state index in [0.717, 1.165) is 29.7 Å². The second-order valence-electron chi connectivity index (χ2n) is 3.58. The van der Waals surface area contributed by atoms with Crippen LogP contribution in [0.4, 0.5) is 0 Å². The summed E-state index contributed by atoms with van der Waals surface area (Å²) in [5.74, 6) is 0. The molecule has 1 rings (SSSR count). The Morgan fingerprint density at radius 1 is 1.50 bits per heavy atom. The smallest absolute Gasteiger partial charge is 0.100 e. The minimum absolute atomic E-state index is 0.662. The fourth-order valence-electron chi connectivity index (χ4n) is 1.55. The molecule has 4 heteroatoms. The van der Waals surface area contributed by atoms with Crippen LogP contribution >= 0.6 is 15.9 Å². The van der Waals surface area contributed by atoms with Crippen LogP contribution in [-0.2, 0) is 6.54 Å². The van der Waals surface area contributed by atoms with Crippen molar-refractivity contribution in [2.75, 3.05) is 19.6 Å². The third-order valence-electron chi connectivity index (χ3n) is 2.45. The number of hydrogen-bond acceptors (Lipinski definition) is 3. The van der Waals surface area contributed by atoms with Crippen molar-refractivity contribution in [3.8, 4) is 6.07 Å². The van der Waals surface area contributed by atoms with Crippen molar-refractivity contribution in [3.63, 3.8) is 0 Å². The maximum atomic E-state index is 8.92. The van der Waals surface area contributed by atoms with E-state index in [4.69, 9.17) is 11.0 Å². The molecule has 0 bridgehead atoms. The summed E-state index contributed by atoms with van der Waals surface area (Å²) in [6, 6.07) is 8.04. The highest BCUT2D eigenvalue weighted by atomic mass is 79.9. The molecule has 0 spiro atoms. The Balaban J connectivity index is 2.77. The Morgan fingerprint density at radius 3 is 2.81 bits per heavy atom. The van der Waals surface area contributed by atoms with Crippen LogP contribution in [0.3, 0.4) is 0 Å². The fourth-order valence-corrected chi connectivity index (χ4v) is 1.88. The Hall–Kier alpha value is -0.890. The minimum atomic E-state index is 0.662. The molecule has 0 radical (unpaired) electrons. The third-order valence-corrected chi connectivity index (χ3v) is 3.14. The van der Waals surface area contributed by atoms with Gasteiger partial charge in [0.15, 0.2) is 0 Å². The molecule has 0 saturated carbocycles. The summed E-state index contributed by atoms with van der Waals surface area (Å²) in [5, 5.41) is 8.92. The van der Waals surface area contributed by atoms with Crippen LogP contribution in [0, 0.1) is 11.3 Å². The number of nitriles is 1. The van der Waals surface area contributed by atoms with Gasteiger partial charge in [-0.15, -0.1) is 0 Å². The standard InChI is InChI=1S/C12H16BrN3/c1-2-16(6-5-14)9-10-3-4-12(13)11(7-10)8-15/h3-4,7H,2,5-6,9,14H2,1H3. The molecular weight excluding hydrogens is 266 g/mol. The number of halogens is 1. The summed E-state index contributed by atoms with van der Waals surface area (Å²) < 4.78 is 0.848. The van der Waals surface area contributed by atoms with Crippen molar-refractivity contribution in [2.45, 2.75) is 13.5 Å². The maximum Gasteiger partial charge on any atom is 0.100 e. The predicted octanol–water partition coefficient (Wildman–Crippen LogP) is 2.10. The first-order chi connectivity index (χ1) is 7.71. The van der Waals surface area contributed by atoms with Gasteiger partial charge in [-0.25, -0.2) is 0 Å². The molecule has 0 aliphatic heterocycles. The lowest BCUT2D eigenvalue weighted by molar-refractivity contribution is 0.288. The summed E-state index contributed by atoms with van der Waals surface area (Å²) >= 11 is 3.35. The number of nitrogens with two attached hydrogens (primary N) is 1. The van der Waals surface area contributed by atoms with Gasteiger partial charge in [0, 0.05) is 24.1 Å². The number of nitrogens with zero attached hydrogens (tertiary/aromatic N) is 2. The predicted molar refractivity (Wildman–Crippen MR) is 68.9 cm³/mol. The summed E-state index contributed by atoms with van der Waals surface area (Å²) in [6.45, 7) is 5.47. The lowest BCUT2D eigenvalue weighted by Gasteiger charge is -2.19. The van der Waals surface area contributed by atoms with Gasteiger partial charge in [-0.05, 0) is 40.2 Å². The minimum Gasteiger partial charge on any atom is -0.329 e. The van der Waals surface area contributed by atoms with E-state index < -0.39 is 0 Å². The second-order valence-corrected chi connectivity index (χ2v) is 4.44. The van der Waals surface area contributed by atoms with E-state index in [1.165, 1.54) is 0 Å². The van der Waals surface area contributed by atoms with Gasteiger partial charge in [-0.2, -0.15) is 5.26 Å². The summed E-state index contributed by atoms with van der Waals surface area (Å²) in [6.07, 6.45) is 0. The van der Waals surface area contributed by atoms with E-state index in [1.54, 1.807) is 0 Å². The van der Waals surface area contributed by atoms with Gasteiger partial charge in [0.2, 0.25) is 0 Å². The molecule has 2 N–H and O–H groups in total. The van der Waals surface area contributed by atoms with E-state index in [0.29, 0.717) is 12.1 Å². The molecule has 0 atom stereocenters. The van der Waals surface area contributed by atoms with Crippen LogP contribution in [-0.4, -0.2) is 24.5 Å². The summed E-state index contributed by atoms with van der Waals surface area (Å²) in [4.78, 5) is 2.25. The molecule has 1 aromatic carbocycles. The van der Waals surface area contributed by atoms with Gasteiger partial charge in [0.1, 0.15) is 6.07 Å².